The molecule has 1 N–H and O–H groups in total. The highest BCUT2D eigenvalue weighted by molar-refractivity contribution is 7.99. The summed E-state index contributed by atoms with van der Waals surface area (Å²) in [5, 5.41) is 14.9. The van der Waals surface area contributed by atoms with Gasteiger partial charge >= 0.3 is 0 Å². The van der Waals surface area contributed by atoms with Crippen molar-refractivity contribution in [1.82, 2.24) is 0 Å². The van der Waals surface area contributed by atoms with E-state index in [1.54, 1.807) is 6.07 Å². The van der Waals surface area contributed by atoms with E-state index >= 15 is 0 Å². The lowest BCUT2D eigenvalue weighted by Gasteiger charge is -2.15. The molecule has 1 aromatic rings. The molecule has 8 heteroatoms. The molecule has 1 fully saturated rings. The van der Waals surface area contributed by atoms with Gasteiger partial charge in [0.05, 0.1) is 4.92 Å². The van der Waals surface area contributed by atoms with E-state index < -0.39 is 14.8 Å². The first kappa shape index (κ1) is 17.1. The van der Waals surface area contributed by atoms with Gasteiger partial charge in [0.2, 0.25) is 0 Å². The highest BCUT2D eigenvalue weighted by atomic mass is 32.2. The summed E-state index contributed by atoms with van der Waals surface area (Å²) in [6.45, 7) is 2.14. The monoisotopic (exact) mass is 344 g/mol. The first-order chi connectivity index (χ1) is 10.3. The van der Waals surface area contributed by atoms with Crippen LogP contribution in [0, 0.1) is 10.1 Å². The largest absolute Gasteiger partial charge is 0.382 e. The maximum atomic E-state index is 11.7. The molecule has 0 saturated heterocycles. The second kappa shape index (κ2) is 6.87. The lowest BCUT2D eigenvalue weighted by Crippen LogP contribution is -2.16. The SMILES string of the molecule is CCSC1CCC(Nc2ccc([N+](=O)[O-])c(S(C)(=O)=O)c2)C1. The fourth-order valence-corrected chi connectivity index (χ4v) is 4.75. The van der Waals surface area contributed by atoms with E-state index in [0.29, 0.717) is 10.9 Å². The Bertz CT molecular complexity index is 661. The smallest absolute Gasteiger partial charge is 0.288 e. The molecule has 2 atom stereocenters. The Hall–Kier alpha value is -1.28. The molecule has 2 rings (SSSR count). The predicted molar refractivity (Wildman–Crippen MR) is 89.4 cm³/mol. The van der Waals surface area contributed by atoms with Crippen molar-refractivity contribution >= 4 is 33.0 Å². The number of rotatable bonds is 6. The lowest BCUT2D eigenvalue weighted by atomic mass is 10.2. The second-order valence-electron chi connectivity index (χ2n) is 5.44. The van der Waals surface area contributed by atoms with Crippen molar-refractivity contribution in [3.63, 3.8) is 0 Å². The van der Waals surface area contributed by atoms with Gasteiger partial charge in [-0.2, -0.15) is 11.8 Å². The summed E-state index contributed by atoms with van der Waals surface area (Å²) in [7, 11) is -3.64. The van der Waals surface area contributed by atoms with Crippen molar-refractivity contribution in [2.24, 2.45) is 0 Å². The quantitative estimate of drug-likeness (QED) is 0.630. The van der Waals surface area contributed by atoms with Crippen LogP contribution in [0.1, 0.15) is 26.2 Å². The zero-order chi connectivity index (χ0) is 16.3. The van der Waals surface area contributed by atoms with Crippen molar-refractivity contribution in [2.45, 2.75) is 42.4 Å². The van der Waals surface area contributed by atoms with Gasteiger partial charge in [0.25, 0.3) is 5.69 Å². The number of nitro benzene ring substituents is 1. The summed E-state index contributed by atoms with van der Waals surface area (Å²) in [5.41, 5.74) is 0.247. The van der Waals surface area contributed by atoms with Crippen molar-refractivity contribution < 1.29 is 13.3 Å². The van der Waals surface area contributed by atoms with Crippen LogP contribution in [-0.2, 0) is 9.84 Å². The molecule has 0 heterocycles. The molecule has 122 valence electrons. The zero-order valence-corrected chi connectivity index (χ0v) is 14.2. The highest BCUT2D eigenvalue weighted by Crippen LogP contribution is 2.33. The molecule has 0 aromatic heterocycles. The zero-order valence-electron chi connectivity index (χ0n) is 12.6. The number of benzene rings is 1. The molecule has 2 unspecified atom stereocenters. The van der Waals surface area contributed by atoms with Gasteiger partial charge in [0.1, 0.15) is 4.90 Å². The summed E-state index contributed by atoms with van der Waals surface area (Å²) >= 11 is 1.94. The number of thioether (sulfide) groups is 1. The van der Waals surface area contributed by atoms with E-state index in [0.717, 1.165) is 31.3 Å². The van der Waals surface area contributed by atoms with E-state index in [4.69, 9.17) is 0 Å². The molecule has 1 aliphatic carbocycles. The third-order valence-corrected chi connectivity index (χ3v) is 6.07. The Morgan fingerprint density at radius 3 is 2.73 bits per heavy atom. The Balaban J connectivity index is 2.18. The van der Waals surface area contributed by atoms with Crippen LogP contribution in [0.4, 0.5) is 11.4 Å². The molecule has 1 aliphatic rings. The molecule has 0 spiro atoms. The van der Waals surface area contributed by atoms with Crippen molar-refractivity contribution in [2.75, 3.05) is 17.3 Å². The first-order valence-corrected chi connectivity index (χ1v) is 10.1. The molecule has 0 aliphatic heterocycles. The van der Waals surface area contributed by atoms with Crippen LogP contribution in [-0.4, -0.2) is 36.6 Å². The predicted octanol–water partition coefficient (Wildman–Crippen LogP) is 3.08. The standard InChI is InChI=1S/C14H20N2O4S2/c1-3-21-12-6-4-10(8-12)15-11-5-7-13(16(17)18)14(9-11)22(2,19)20/h5,7,9-10,12,15H,3-4,6,8H2,1-2H3. The first-order valence-electron chi connectivity index (χ1n) is 7.18. The topological polar surface area (TPSA) is 89.3 Å². The van der Waals surface area contributed by atoms with Gasteiger partial charge in [-0.3, -0.25) is 10.1 Å². The highest BCUT2D eigenvalue weighted by Gasteiger charge is 2.26. The summed E-state index contributed by atoms with van der Waals surface area (Å²) in [6, 6.07) is 4.49. The second-order valence-corrected chi connectivity index (χ2v) is 9.00. The Kier molecular flexibility index (Phi) is 5.33. The number of nitrogens with zero attached hydrogens (tertiary/aromatic N) is 1. The van der Waals surface area contributed by atoms with Crippen LogP contribution in [0.2, 0.25) is 0 Å². The average Bonchev–Trinajstić information content (AvgIpc) is 2.85. The van der Waals surface area contributed by atoms with E-state index in [-0.39, 0.29) is 16.6 Å². The summed E-state index contributed by atoms with van der Waals surface area (Å²) < 4.78 is 23.5. The van der Waals surface area contributed by atoms with Crippen LogP contribution in [0.3, 0.4) is 0 Å². The van der Waals surface area contributed by atoms with E-state index in [1.807, 2.05) is 11.8 Å². The molecule has 0 bridgehead atoms. The maximum absolute atomic E-state index is 11.7. The van der Waals surface area contributed by atoms with Crippen molar-refractivity contribution in [3.8, 4) is 0 Å². The molecular formula is C14H20N2O4S2. The molecule has 0 radical (unpaired) electrons. The molecule has 0 amide bonds. The summed E-state index contributed by atoms with van der Waals surface area (Å²) in [5.74, 6) is 1.09. The van der Waals surface area contributed by atoms with E-state index in [2.05, 4.69) is 12.2 Å². The fraction of sp³-hybridized carbons (Fsp3) is 0.571. The normalized spacial score (nSPS) is 21.7. The van der Waals surface area contributed by atoms with Gasteiger partial charge in [-0.1, -0.05) is 6.92 Å². The number of hydrogen-bond donors (Lipinski definition) is 1. The number of nitrogens with one attached hydrogen (secondary N) is 1. The minimum Gasteiger partial charge on any atom is -0.382 e. The number of sulfone groups is 1. The van der Waals surface area contributed by atoms with Crippen LogP contribution in [0.25, 0.3) is 0 Å². The molecular weight excluding hydrogens is 324 g/mol. The maximum Gasteiger partial charge on any atom is 0.288 e. The Morgan fingerprint density at radius 1 is 1.41 bits per heavy atom. The van der Waals surface area contributed by atoms with Gasteiger partial charge in [-0.25, -0.2) is 8.42 Å². The van der Waals surface area contributed by atoms with Crippen LogP contribution in [0.15, 0.2) is 23.1 Å². The van der Waals surface area contributed by atoms with Gasteiger partial charge in [0.15, 0.2) is 9.84 Å². The van der Waals surface area contributed by atoms with Crippen molar-refractivity contribution in [3.05, 3.63) is 28.3 Å². The third-order valence-electron chi connectivity index (χ3n) is 3.71. The summed E-state index contributed by atoms with van der Waals surface area (Å²) in [6.07, 6.45) is 4.19. The van der Waals surface area contributed by atoms with Gasteiger partial charge in [-0.15, -0.1) is 0 Å². The van der Waals surface area contributed by atoms with Gasteiger partial charge in [0, 0.05) is 29.3 Å². The minimum atomic E-state index is -3.64. The van der Waals surface area contributed by atoms with Crippen LogP contribution in [0.5, 0.6) is 0 Å². The minimum absolute atomic E-state index is 0.236. The number of hydrogen-bond acceptors (Lipinski definition) is 6. The third kappa shape index (κ3) is 4.13. The molecule has 6 nitrogen and oxygen atoms in total. The van der Waals surface area contributed by atoms with E-state index in [1.165, 1.54) is 12.1 Å². The summed E-state index contributed by atoms with van der Waals surface area (Å²) in [4.78, 5) is 10.1. The Labute approximate surface area is 134 Å². The van der Waals surface area contributed by atoms with Crippen LogP contribution < -0.4 is 5.32 Å². The van der Waals surface area contributed by atoms with Crippen molar-refractivity contribution in [1.29, 1.82) is 0 Å². The fourth-order valence-electron chi connectivity index (χ4n) is 2.75. The average molecular weight is 344 g/mol. The Morgan fingerprint density at radius 2 is 2.14 bits per heavy atom. The number of anilines is 1. The molecule has 1 saturated carbocycles. The number of nitro groups is 1. The molecule has 1 aromatic carbocycles. The van der Waals surface area contributed by atoms with Crippen LogP contribution >= 0.6 is 11.8 Å². The van der Waals surface area contributed by atoms with Gasteiger partial charge < -0.3 is 5.32 Å². The molecule has 22 heavy (non-hydrogen) atoms. The van der Waals surface area contributed by atoms with E-state index in [9.17, 15) is 18.5 Å². The lowest BCUT2D eigenvalue weighted by molar-refractivity contribution is -0.387. The van der Waals surface area contributed by atoms with Gasteiger partial charge in [-0.05, 0) is 37.1 Å².